The Balaban J connectivity index is 1.61. The Labute approximate surface area is 181 Å². The minimum atomic E-state index is -4.66. The van der Waals surface area contributed by atoms with Crippen LogP contribution in [-0.4, -0.2) is 39.0 Å². The van der Waals surface area contributed by atoms with Crippen molar-refractivity contribution in [3.63, 3.8) is 0 Å². The van der Waals surface area contributed by atoms with E-state index in [-0.39, 0.29) is 19.5 Å². The zero-order chi connectivity index (χ0) is 23.5. The molecule has 32 heavy (non-hydrogen) atoms. The lowest BCUT2D eigenvalue weighted by Crippen LogP contribution is -2.38. The second-order valence-corrected chi connectivity index (χ2v) is 8.81. The maximum Gasteiger partial charge on any atom is 0.438 e. The molecular formula is C20H19F4N3O4S. The number of hydrogen-bond acceptors (Lipinski definition) is 5. The van der Waals surface area contributed by atoms with E-state index in [1.165, 1.54) is 37.4 Å². The van der Waals surface area contributed by atoms with Crippen LogP contribution in [0.2, 0.25) is 0 Å². The molecule has 2 aromatic carbocycles. The van der Waals surface area contributed by atoms with Crippen molar-refractivity contribution >= 4 is 21.8 Å². The number of alkyl halides is 3. The molecule has 1 aliphatic rings. The van der Waals surface area contributed by atoms with Crippen molar-refractivity contribution in [1.82, 2.24) is 9.79 Å². The fourth-order valence-electron chi connectivity index (χ4n) is 2.89. The molecule has 1 amide bonds. The summed E-state index contributed by atoms with van der Waals surface area (Å²) >= 11 is 0. The molecule has 1 aliphatic heterocycles. The van der Waals surface area contributed by atoms with E-state index in [1.807, 2.05) is 0 Å². The number of nitrogens with zero attached hydrogens (tertiary/aromatic N) is 2. The van der Waals surface area contributed by atoms with Crippen molar-refractivity contribution in [3.05, 3.63) is 71.7 Å². The van der Waals surface area contributed by atoms with Crippen LogP contribution < -0.4 is 10.4 Å². The van der Waals surface area contributed by atoms with E-state index >= 15 is 0 Å². The molecule has 0 unspecified atom stereocenters. The van der Waals surface area contributed by atoms with Gasteiger partial charge in [-0.15, -0.1) is 0 Å². The Hall–Kier alpha value is -3.12. The van der Waals surface area contributed by atoms with Gasteiger partial charge in [-0.25, -0.2) is 23.1 Å². The summed E-state index contributed by atoms with van der Waals surface area (Å²) in [6.45, 7) is -0.144. The van der Waals surface area contributed by atoms with Crippen LogP contribution in [0.4, 0.5) is 28.0 Å². The summed E-state index contributed by atoms with van der Waals surface area (Å²) in [4.78, 5) is 17.8. The molecular weight excluding hydrogens is 454 g/mol. The second kappa shape index (κ2) is 9.17. The van der Waals surface area contributed by atoms with Crippen LogP contribution in [0.3, 0.4) is 0 Å². The number of anilines is 1. The number of hydrogen-bond donors (Lipinski definition) is 1. The summed E-state index contributed by atoms with van der Waals surface area (Å²) in [5.41, 5.74) is 2.23. The number of nitrogens with one attached hydrogen (secondary N) is 1. The minimum absolute atomic E-state index is 0.0250. The van der Waals surface area contributed by atoms with E-state index < -0.39 is 38.6 Å². The molecule has 7 nitrogen and oxygen atoms in total. The van der Waals surface area contributed by atoms with Crippen molar-refractivity contribution in [3.8, 4) is 0 Å². The Morgan fingerprint density at radius 2 is 1.84 bits per heavy atom. The third kappa shape index (κ3) is 5.37. The van der Waals surface area contributed by atoms with Gasteiger partial charge in [0, 0.05) is 37.9 Å². The average Bonchev–Trinajstić information content (AvgIpc) is 2.77. The molecule has 1 N–H and O–H groups in total. The standard InChI is InChI=1S/C20H19F4N3O4S/c1-26(17-7-5-15(21)6-8-17)19(28)31-25-16-9-11-27(12-10-16)32(29,30)18-4-2-3-14(13-18)20(22,23)24/h2-9,13,25H,10-12H2,1H3. The SMILES string of the molecule is CN(C(=O)ONC1=CCN(S(=O)(=O)c2cccc(C(F)(F)F)c2)CC1)c1ccc(F)cc1. The largest absolute Gasteiger partial charge is 0.438 e. The first kappa shape index (κ1) is 23.5. The molecule has 0 aliphatic carbocycles. The molecule has 172 valence electrons. The maximum absolute atomic E-state index is 13.0. The Kier molecular flexibility index (Phi) is 6.74. The Morgan fingerprint density at radius 3 is 2.44 bits per heavy atom. The highest BCUT2D eigenvalue weighted by atomic mass is 32.2. The highest BCUT2D eigenvalue weighted by Gasteiger charge is 2.33. The first-order valence-corrected chi connectivity index (χ1v) is 10.7. The molecule has 0 fully saturated rings. The van der Waals surface area contributed by atoms with Gasteiger partial charge in [-0.05, 0) is 48.5 Å². The summed E-state index contributed by atoms with van der Waals surface area (Å²) in [5.74, 6) is -0.453. The first-order valence-electron chi connectivity index (χ1n) is 9.31. The van der Waals surface area contributed by atoms with Crippen molar-refractivity contribution in [2.45, 2.75) is 17.5 Å². The molecule has 3 rings (SSSR count). The van der Waals surface area contributed by atoms with Crippen LogP contribution in [0, 0.1) is 5.82 Å². The minimum Gasteiger partial charge on any atom is -0.324 e. The lowest BCUT2D eigenvalue weighted by atomic mass is 10.2. The van der Waals surface area contributed by atoms with Gasteiger partial charge >= 0.3 is 12.3 Å². The highest BCUT2D eigenvalue weighted by molar-refractivity contribution is 7.89. The monoisotopic (exact) mass is 473 g/mol. The second-order valence-electron chi connectivity index (χ2n) is 6.87. The predicted molar refractivity (Wildman–Crippen MR) is 107 cm³/mol. The van der Waals surface area contributed by atoms with Crippen LogP contribution in [0.5, 0.6) is 0 Å². The summed E-state index contributed by atoms with van der Waals surface area (Å²) in [6, 6.07) is 8.72. The van der Waals surface area contributed by atoms with E-state index in [2.05, 4.69) is 5.48 Å². The predicted octanol–water partition coefficient (Wildman–Crippen LogP) is 3.90. The molecule has 0 aromatic heterocycles. The van der Waals surface area contributed by atoms with Crippen molar-refractivity contribution in [2.75, 3.05) is 25.0 Å². The number of sulfonamides is 1. The van der Waals surface area contributed by atoms with Gasteiger partial charge in [-0.1, -0.05) is 6.07 Å². The third-order valence-corrected chi connectivity index (χ3v) is 6.59. The topological polar surface area (TPSA) is 79.0 Å². The number of carbonyl (C=O) groups is 1. The van der Waals surface area contributed by atoms with Crippen LogP contribution in [-0.2, 0) is 21.0 Å². The molecule has 0 saturated carbocycles. The fourth-order valence-corrected chi connectivity index (χ4v) is 4.32. The van der Waals surface area contributed by atoms with Crippen LogP contribution in [0.1, 0.15) is 12.0 Å². The summed E-state index contributed by atoms with van der Waals surface area (Å²) < 4.78 is 78.1. The van der Waals surface area contributed by atoms with Gasteiger partial charge in [-0.3, -0.25) is 4.90 Å². The number of benzene rings is 2. The van der Waals surface area contributed by atoms with Gasteiger partial charge in [0.05, 0.1) is 10.5 Å². The van der Waals surface area contributed by atoms with Crippen molar-refractivity contribution < 1.29 is 35.6 Å². The van der Waals surface area contributed by atoms with Gasteiger partial charge in [-0.2, -0.15) is 17.5 Å². The lowest BCUT2D eigenvalue weighted by Gasteiger charge is -2.26. The zero-order valence-electron chi connectivity index (χ0n) is 16.8. The fraction of sp³-hybridized carbons (Fsp3) is 0.250. The van der Waals surface area contributed by atoms with Gasteiger partial charge in [0.25, 0.3) is 0 Å². The smallest absolute Gasteiger partial charge is 0.324 e. The molecule has 0 radical (unpaired) electrons. The maximum atomic E-state index is 13.0. The van der Waals surface area contributed by atoms with Crippen LogP contribution in [0.25, 0.3) is 0 Å². The summed E-state index contributed by atoms with van der Waals surface area (Å²) in [6.07, 6.45) is -3.84. The molecule has 1 heterocycles. The number of amides is 1. The van der Waals surface area contributed by atoms with Gasteiger partial charge in [0.1, 0.15) is 5.82 Å². The quantitative estimate of drug-likeness (QED) is 0.527. The van der Waals surface area contributed by atoms with E-state index in [0.29, 0.717) is 17.5 Å². The molecule has 0 atom stereocenters. The number of halogens is 4. The molecule has 0 saturated heterocycles. The van der Waals surface area contributed by atoms with Crippen molar-refractivity contribution in [1.29, 1.82) is 0 Å². The Morgan fingerprint density at radius 1 is 1.16 bits per heavy atom. The lowest BCUT2D eigenvalue weighted by molar-refractivity contribution is -0.137. The highest BCUT2D eigenvalue weighted by Crippen LogP contribution is 2.31. The average molecular weight is 473 g/mol. The van der Waals surface area contributed by atoms with Gasteiger partial charge < -0.3 is 4.84 Å². The van der Waals surface area contributed by atoms with E-state index in [4.69, 9.17) is 4.84 Å². The number of carbonyl (C=O) groups excluding carboxylic acids is 1. The third-order valence-electron chi connectivity index (χ3n) is 4.73. The molecule has 12 heteroatoms. The van der Waals surface area contributed by atoms with Crippen LogP contribution in [0.15, 0.2) is 65.2 Å². The normalized spacial score (nSPS) is 15.1. The van der Waals surface area contributed by atoms with E-state index in [0.717, 1.165) is 27.4 Å². The van der Waals surface area contributed by atoms with Crippen molar-refractivity contribution in [2.24, 2.45) is 0 Å². The molecule has 2 aromatic rings. The van der Waals surface area contributed by atoms with E-state index in [1.54, 1.807) is 0 Å². The first-order chi connectivity index (χ1) is 15.0. The summed E-state index contributed by atoms with van der Waals surface area (Å²) in [5, 5.41) is 0. The molecule has 0 spiro atoms. The Bertz CT molecular complexity index is 1120. The van der Waals surface area contributed by atoms with Gasteiger partial charge in [0.2, 0.25) is 10.0 Å². The van der Waals surface area contributed by atoms with E-state index in [9.17, 15) is 30.8 Å². The zero-order valence-corrected chi connectivity index (χ0v) is 17.6. The number of hydroxylamine groups is 1. The van der Waals surface area contributed by atoms with Crippen LogP contribution >= 0.6 is 0 Å². The summed E-state index contributed by atoms with van der Waals surface area (Å²) in [7, 11) is -2.71. The number of rotatable bonds is 5. The molecule has 0 bridgehead atoms. The van der Waals surface area contributed by atoms with Gasteiger partial charge in [0.15, 0.2) is 0 Å².